The second-order valence-electron chi connectivity index (χ2n) is 5.08. The van der Waals surface area contributed by atoms with E-state index >= 15 is 0 Å². The van der Waals surface area contributed by atoms with Crippen LogP contribution in [0.1, 0.15) is 13.3 Å². The van der Waals surface area contributed by atoms with Gasteiger partial charge in [0, 0.05) is 17.1 Å². The lowest BCUT2D eigenvalue weighted by Gasteiger charge is -2.26. The summed E-state index contributed by atoms with van der Waals surface area (Å²) in [5.74, 6) is -1.49. The van der Waals surface area contributed by atoms with Gasteiger partial charge in [-0.15, -0.1) is 0 Å². The Morgan fingerprint density at radius 1 is 1.36 bits per heavy atom. The number of para-hydroxylation sites is 1. The zero-order valence-corrected chi connectivity index (χ0v) is 14.5. The van der Waals surface area contributed by atoms with Crippen LogP contribution in [0.3, 0.4) is 0 Å². The lowest BCUT2D eigenvalue weighted by Crippen LogP contribution is -2.46. The Balaban J connectivity index is 2.08. The highest BCUT2D eigenvalue weighted by atomic mass is 79.9. The first kappa shape index (κ1) is 17.0. The van der Waals surface area contributed by atoms with Gasteiger partial charge in [-0.1, -0.05) is 12.1 Å². The van der Waals surface area contributed by atoms with Gasteiger partial charge in [-0.3, -0.25) is 9.59 Å². The van der Waals surface area contributed by atoms with Gasteiger partial charge in [0.05, 0.1) is 17.2 Å². The van der Waals surface area contributed by atoms with Gasteiger partial charge in [-0.2, -0.15) is 0 Å². The number of nitrogens with one attached hydrogen (secondary N) is 1. The minimum atomic E-state index is -3.11. The largest absolute Gasteiger partial charge is 0.331 e. The van der Waals surface area contributed by atoms with Crippen LogP contribution in [0.4, 0.5) is 5.69 Å². The maximum absolute atomic E-state index is 12.3. The van der Waals surface area contributed by atoms with Gasteiger partial charge < -0.3 is 10.2 Å². The first-order valence-corrected chi connectivity index (χ1v) is 9.52. The Kier molecular flexibility index (Phi) is 5.23. The molecule has 0 bridgehead atoms. The Bertz CT molecular complexity index is 690. The van der Waals surface area contributed by atoms with Crippen LogP contribution < -0.4 is 5.32 Å². The van der Waals surface area contributed by atoms with Crippen molar-refractivity contribution in [2.45, 2.75) is 19.4 Å². The van der Waals surface area contributed by atoms with E-state index in [1.54, 1.807) is 31.2 Å². The van der Waals surface area contributed by atoms with Crippen molar-refractivity contribution in [3.05, 3.63) is 28.7 Å². The minimum Gasteiger partial charge on any atom is -0.331 e. The van der Waals surface area contributed by atoms with Gasteiger partial charge in [0.25, 0.3) is 0 Å². The molecule has 0 aromatic heterocycles. The van der Waals surface area contributed by atoms with Crippen molar-refractivity contribution in [1.29, 1.82) is 0 Å². The zero-order valence-electron chi connectivity index (χ0n) is 12.1. The number of rotatable bonds is 3. The molecule has 1 fully saturated rings. The number of sulfone groups is 1. The third-order valence-corrected chi connectivity index (χ3v) is 6.01. The summed E-state index contributed by atoms with van der Waals surface area (Å²) in [6.45, 7) is 2.02. The van der Waals surface area contributed by atoms with Crippen LogP contribution in [0.2, 0.25) is 0 Å². The fourth-order valence-corrected chi connectivity index (χ4v) is 4.57. The number of anilines is 1. The normalized spacial score (nSPS) is 19.6. The molecule has 120 valence electrons. The fourth-order valence-electron chi connectivity index (χ4n) is 2.46. The van der Waals surface area contributed by atoms with E-state index in [0.29, 0.717) is 23.1 Å². The molecule has 1 heterocycles. The summed E-state index contributed by atoms with van der Waals surface area (Å²) in [5.41, 5.74) is 0.496. The molecule has 0 radical (unpaired) electrons. The molecule has 0 saturated carbocycles. The summed E-state index contributed by atoms with van der Waals surface area (Å²) < 4.78 is 23.8. The van der Waals surface area contributed by atoms with Crippen LogP contribution in [-0.2, 0) is 19.4 Å². The number of halogens is 1. The number of amides is 2. The third kappa shape index (κ3) is 3.86. The van der Waals surface area contributed by atoms with Crippen LogP contribution in [0.15, 0.2) is 28.7 Å². The summed E-state index contributed by atoms with van der Waals surface area (Å²) in [6, 6.07) is 6.54. The van der Waals surface area contributed by atoms with Gasteiger partial charge in [0.15, 0.2) is 9.84 Å². The van der Waals surface area contributed by atoms with Crippen molar-refractivity contribution in [1.82, 2.24) is 4.90 Å². The second-order valence-corrected chi connectivity index (χ2v) is 8.17. The van der Waals surface area contributed by atoms with Crippen LogP contribution in [0.5, 0.6) is 0 Å². The topological polar surface area (TPSA) is 83.6 Å². The van der Waals surface area contributed by atoms with E-state index in [-0.39, 0.29) is 11.5 Å². The average molecular weight is 389 g/mol. The third-order valence-electron chi connectivity index (χ3n) is 3.57. The number of carbonyl (C=O) groups excluding carboxylic acids is 2. The van der Waals surface area contributed by atoms with Crippen LogP contribution in [0.25, 0.3) is 0 Å². The van der Waals surface area contributed by atoms with Crippen LogP contribution in [0, 0.1) is 0 Å². The molecular formula is C14H17BrN2O4S. The quantitative estimate of drug-likeness (QED) is 0.793. The summed E-state index contributed by atoms with van der Waals surface area (Å²) in [7, 11) is -3.11. The van der Waals surface area contributed by atoms with Crippen LogP contribution >= 0.6 is 15.9 Å². The minimum absolute atomic E-state index is 0.0628. The van der Waals surface area contributed by atoms with E-state index in [1.165, 1.54) is 4.90 Å². The van der Waals surface area contributed by atoms with Crippen molar-refractivity contribution in [2.75, 3.05) is 23.4 Å². The maximum Gasteiger partial charge on any atom is 0.313 e. The highest BCUT2D eigenvalue weighted by molar-refractivity contribution is 9.10. The van der Waals surface area contributed by atoms with E-state index < -0.39 is 27.7 Å². The van der Waals surface area contributed by atoms with Gasteiger partial charge in [0.1, 0.15) is 0 Å². The highest BCUT2D eigenvalue weighted by Gasteiger charge is 2.36. The Morgan fingerprint density at radius 3 is 2.59 bits per heavy atom. The molecular weight excluding hydrogens is 372 g/mol. The smallest absolute Gasteiger partial charge is 0.313 e. The summed E-state index contributed by atoms with van der Waals surface area (Å²) in [5, 5.41) is 2.54. The lowest BCUT2D eigenvalue weighted by atomic mass is 10.2. The summed E-state index contributed by atoms with van der Waals surface area (Å²) >= 11 is 3.29. The molecule has 22 heavy (non-hydrogen) atoms. The molecule has 1 N–H and O–H groups in total. The number of nitrogens with zero attached hydrogens (tertiary/aromatic N) is 1. The predicted molar refractivity (Wildman–Crippen MR) is 87.2 cm³/mol. The lowest BCUT2D eigenvalue weighted by molar-refractivity contribution is -0.144. The highest BCUT2D eigenvalue weighted by Crippen LogP contribution is 2.22. The monoisotopic (exact) mass is 388 g/mol. The molecule has 1 aliphatic heterocycles. The number of likely N-dealkylation sites (N-methyl/N-ethyl adjacent to an activating group) is 1. The predicted octanol–water partition coefficient (Wildman–Crippen LogP) is 1.42. The molecule has 1 aromatic carbocycles. The molecule has 8 heteroatoms. The van der Waals surface area contributed by atoms with Crippen molar-refractivity contribution in [3.8, 4) is 0 Å². The molecule has 2 rings (SSSR count). The molecule has 0 spiro atoms. The van der Waals surface area contributed by atoms with E-state index in [9.17, 15) is 18.0 Å². The standard InChI is InChI=1S/C14H17BrN2O4S/c1-2-17(10-7-8-22(20,21)9-10)14(19)13(18)16-12-6-4-3-5-11(12)15/h3-6,10H,2,7-9H2,1H3,(H,16,18). The van der Waals surface area contributed by atoms with E-state index in [4.69, 9.17) is 0 Å². The molecule has 2 amide bonds. The van der Waals surface area contributed by atoms with Crippen molar-refractivity contribution < 1.29 is 18.0 Å². The van der Waals surface area contributed by atoms with Crippen molar-refractivity contribution >= 4 is 43.3 Å². The SMILES string of the molecule is CCN(C(=O)C(=O)Nc1ccccc1Br)C1CCS(=O)(=O)C1. The first-order chi connectivity index (χ1) is 10.3. The van der Waals surface area contributed by atoms with Gasteiger partial charge in [-0.05, 0) is 41.4 Å². The van der Waals surface area contributed by atoms with Gasteiger partial charge in [0.2, 0.25) is 0 Å². The fraction of sp³-hybridized carbons (Fsp3) is 0.429. The van der Waals surface area contributed by atoms with E-state index in [1.807, 2.05) is 0 Å². The van der Waals surface area contributed by atoms with E-state index in [2.05, 4.69) is 21.2 Å². The maximum atomic E-state index is 12.3. The molecule has 6 nitrogen and oxygen atoms in total. The average Bonchev–Trinajstić information content (AvgIpc) is 2.82. The number of hydrogen-bond acceptors (Lipinski definition) is 4. The Morgan fingerprint density at radius 2 is 2.05 bits per heavy atom. The molecule has 1 atom stereocenters. The Hall–Kier alpha value is -1.41. The number of hydrogen-bond donors (Lipinski definition) is 1. The second kappa shape index (κ2) is 6.78. The van der Waals surface area contributed by atoms with Crippen molar-refractivity contribution in [2.24, 2.45) is 0 Å². The summed E-state index contributed by atoms with van der Waals surface area (Å²) in [6.07, 6.45) is 0.379. The Labute approximate surface area is 137 Å². The van der Waals surface area contributed by atoms with Crippen LogP contribution in [-0.4, -0.2) is 49.2 Å². The summed E-state index contributed by atoms with van der Waals surface area (Å²) in [4.78, 5) is 25.7. The van der Waals surface area contributed by atoms with E-state index in [0.717, 1.165) is 0 Å². The molecule has 1 unspecified atom stereocenters. The molecule has 1 saturated heterocycles. The molecule has 0 aliphatic carbocycles. The van der Waals surface area contributed by atoms with Crippen molar-refractivity contribution in [3.63, 3.8) is 0 Å². The van der Waals surface area contributed by atoms with Gasteiger partial charge >= 0.3 is 11.8 Å². The number of benzene rings is 1. The zero-order chi connectivity index (χ0) is 16.3. The first-order valence-electron chi connectivity index (χ1n) is 6.91. The number of carbonyl (C=O) groups is 2. The molecule has 1 aliphatic rings. The van der Waals surface area contributed by atoms with Gasteiger partial charge in [-0.25, -0.2) is 8.42 Å². The molecule has 1 aromatic rings.